The van der Waals surface area contributed by atoms with Gasteiger partial charge in [-0.3, -0.25) is 9.59 Å². The summed E-state index contributed by atoms with van der Waals surface area (Å²) in [5, 5.41) is 0.332. The molecule has 20 heavy (non-hydrogen) atoms. The number of rotatable bonds is 2. The summed E-state index contributed by atoms with van der Waals surface area (Å²) in [6.07, 6.45) is 5.71. The van der Waals surface area contributed by atoms with E-state index in [4.69, 9.17) is 18.0 Å². The molecule has 4 nitrogen and oxygen atoms in total. The van der Waals surface area contributed by atoms with E-state index in [1.807, 2.05) is 0 Å². The Kier molecular flexibility index (Phi) is 4.01. The van der Waals surface area contributed by atoms with Crippen LogP contribution in [0.25, 0.3) is 0 Å². The molecule has 1 aromatic carbocycles. The number of amides is 2. The molecule has 2 amide bonds. The van der Waals surface area contributed by atoms with Gasteiger partial charge in [-0.25, -0.2) is 0 Å². The molecule has 1 aliphatic rings. The van der Waals surface area contributed by atoms with Gasteiger partial charge in [0.15, 0.2) is 0 Å². The average Bonchev–Trinajstić information content (AvgIpc) is 2.79. The summed E-state index contributed by atoms with van der Waals surface area (Å²) in [6, 6.07) is 4.99. The number of halogens is 1. The smallest absolute Gasteiger partial charge is 0.254 e. The minimum atomic E-state index is -0.171. The molecule has 2 rings (SSSR count). The molecule has 1 saturated heterocycles. The summed E-state index contributed by atoms with van der Waals surface area (Å²) in [6.45, 7) is 0.493. The van der Waals surface area contributed by atoms with Crippen molar-refractivity contribution in [3.8, 4) is 12.3 Å². The minimum Gasteiger partial charge on any atom is -0.345 e. The molecule has 0 saturated carbocycles. The van der Waals surface area contributed by atoms with E-state index in [1.165, 1.54) is 4.90 Å². The lowest BCUT2D eigenvalue weighted by Crippen LogP contribution is -2.25. The number of benzene rings is 1. The lowest BCUT2D eigenvalue weighted by Gasteiger charge is -2.18. The molecule has 0 N–H and O–H groups in total. The standard InChI is InChI=1S/C15H15ClN2O2/c1-4-10-7-14(19)18(9-10)11-5-6-12(13(16)8-11)15(20)17(2)3/h1,5-6,8,10H,7,9H2,2-3H3. The van der Waals surface area contributed by atoms with E-state index in [9.17, 15) is 9.59 Å². The molecule has 0 bridgehead atoms. The van der Waals surface area contributed by atoms with Crippen LogP contribution in [0.2, 0.25) is 5.02 Å². The lowest BCUT2D eigenvalue weighted by atomic mass is 10.1. The van der Waals surface area contributed by atoms with Crippen LogP contribution in [-0.2, 0) is 4.79 Å². The summed E-state index contributed by atoms with van der Waals surface area (Å²) in [5.41, 5.74) is 1.09. The van der Waals surface area contributed by atoms with E-state index in [-0.39, 0.29) is 17.7 Å². The molecule has 0 radical (unpaired) electrons. The lowest BCUT2D eigenvalue weighted by molar-refractivity contribution is -0.117. The maximum Gasteiger partial charge on any atom is 0.254 e. The largest absolute Gasteiger partial charge is 0.345 e. The van der Waals surface area contributed by atoms with Crippen molar-refractivity contribution < 1.29 is 9.59 Å². The van der Waals surface area contributed by atoms with Crippen LogP contribution in [0.4, 0.5) is 5.69 Å². The summed E-state index contributed by atoms with van der Waals surface area (Å²) >= 11 is 6.14. The van der Waals surface area contributed by atoms with Gasteiger partial charge >= 0.3 is 0 Å². The zero-order valence-corrected chi connectivity index (χ0v) is 12.1. The normalized spacial score (nSPS) is 18.0. The highest BCUT2D eigenvalue weighted by atomic mass is 35.5. The van der Waals surface area contributed by atoms with Crippen LogP contribution in [0.15, 0.2) is 18.2 Å². The number of terminal acetylenes is 1. The number of anilines is 1. The first-order chi connectivity index (χ1) is 9.43. The third-order valence-electron chi connectivity index (χ3n) is 3.26. The first-order valence-corrected chi connectivity index (χ1v) is 6.59. The Hall–Kier alpha value is -1.99. The number of hydrogen-bond donors (Lipinski definition) is 0. The van der Waals surface area contributed by atoms with E-state index in [2.05, 4.69) is 5.92 Å². The maximum absolute atomic E-state index is 11.9. The summed E-state index contributed by atoms with van der Waals surface area (Å²) in [5.74, 6) is 2.34. The number of hydrogen-bond acceptors (Lipinski definition) is 2. The van der Waals surface area contributed by atoms with Crippen molar-refractivity contribution in [1.29, 1.82) is 0 Å². The Morgan fingerprint density at radius 3 is 2.70 bits per heavy atom. The summed E-state index contributed by atoms with van der Waals surface area (Å²) < 4.78 is 0. The van der Waals surface area contributed by atoms with Crippen LogP contribution in [0.3, 0.4) is 0 Å². The van der Waals surface area contributed by atoms with Gasteiger partial charge in [0.1, 0.15) is 0 Å². The van der Waals surface area contributed by atoms with Crippen LogP contribution in [0, 0.1) is 18.3 Å². The van der Waals surface area contributed by atoms with Crippen molar-refractivity contribution in [2.75, 3.05) is 25.5 Å². The van der Waals surface area contributed by atoms with Gasteiger partial charge in [0.05, 0.1) is 10.6 Å². The van der Waals surface area contributed by atoms with Crippen molar-refractivity contribution in [2.24, 2.45) is 5.92 Å². The second-order valence-electron chi connectivity index (χ2n) is 4.94. The molecule has 0 aromatic heterocycles. The third-order valence-corrected chi connectivity index (χ3v) is 3.57. The fourth-order valence-corrected chi connectivity index (χ4v) is 2.41. The molecular weight excluding hydrogens is 276 g/mol. The predicted octanol–water partition coefficient (Wildman–Crippen LogP) is 2.03. The fourth-order valence-electron chi connectivity index (χ4n) is 2.16. The molecule has 1 heterocycles. The fraction of sp³-hybridized carbons (Fsp3) is 0.333. The molecule has 0 spiro atoms. The van der Waals surface area contributed by atoms with Crippen molar-refractivity contribution >= 4 is 29.1 Å². The van der Waals surface area contributed by atoms with Gasteiger partial charge in [-0.1, -0.05) is 11.6 Å². The minimum absolute atomic E-state index is 0.0179. The Balaban J connectivity index is 2.29. The first kappa shape index (κ1) is 14.4. The Morgan fingerprint density at radius 1 is 1.50 bits per heavy atom. The van der Waals surface area contributed by atoms with Gasteiger partial charge < -0.3 is 9.80 Å². The summed E-state index contributed by atoms with van der Waals surface area (Å²) in [4.78, 5) is 26.9. The molecule has 1 aliphatic heterocycles. The number of carbonyl (C=O) groups is 2. The van der Waals surface area contributed by atoms with E-state index in [0.717, 1.165) is 0 Å². The third kappa shape index (κ3) is 2.63. The van der Waals surface area contributed by atoms with E-state index in [1.54, 1.807) is 37.2 Å². The first-order valence-electron chi connectivity index (χ1n) is 6.21. The molecule has 5 heteroatoms. The number of nitrogens with zero attached hydrogens (tertiary/aromatic N) is 2. The van der Waals surface area contributed by atoms with Crippen LogP contribution in [0.5, 0.6) is 0 Å². The van der Waals surface area contributed by atoms with E-state index >= 15 is 0 Å². The monoisotopic (exact) mass is 290 g/mol. The van der Waals surface area contributed by atoms with Gasteiger partial charge in [0.25, 0.3) is 5.91 Å². The molecule has 1 unspecified atom stereocenters. The maximum atomic E-state index is 11.9. The van der Waals surface area contributed by atoms with Crippen LogP contribution in [-0.4, -0.2) is 37.4 Å². The van der Waals surface area contributed by atoms with Gasteiger partial charge in [0, 0.05) is 38.7 Å². The zero-order chi connectivity index (χ0) is 14.9. The molecule has 1 aromatic rings. The SMILES string of the molecule is C#CC1CC(=O)N(c2ccc(C(=O)N(C)C)c(Cl)c2)C1. The number of carbonyl (C=O) groups excluding carboxylic acids is 2. The second-order valence-corrected chi connectivity index (χ2v) is 5.34. The molecular formula is C15H15ClN2O2. The zero-order valence-electron chi connectivity index (χ0n) is 11.4. The quantitative estimate of drug-likeness (QED) is 0.782. The molecule has 0 aliphatic carbocycles. The average molecular weight is 291 g/mol. The van der Waals surface area contributed by atoms with Gasteiger partial charge in [0.2, 0.25) is 5.91 Å². The molecule has 1 atom stereocenters. The predicted molar refractivity (Wildman–Crippen MR) is 78.8 cm³/mol. The van der Waals surface area contributed by atoms with Crippen LogP contribution >= 0.6 is 11.6 Å². The van der Waals surface area contributed by atoms with Crippen LogP contribution in [0.1, 0.15) is 16.8 Å². The topological polar surface area (TPSA) is 40.6 Å². The van der Waals surface area contributed by atoms with E-state index in [0.29, 0.717) is 29.2 Å². The molecule has 104 valence electrons. The van der Waals surface area contributed by atoms with Crippen molar-refractivity contribution in [3.63, 3.8) is 0 Å². The van der Waals surface area contributed by atoms with Crippen molar-refractivity contribution in [2.45, 2.75) is 6.42 Å². The van der Waals surface area contributed by atoms with Crippen LogP contribution < -0.4 is 4.90 Å². The van der Waals surface area contributed by atoms with Gasteiger partial charge in [-0.15, -0.1) is 12.3 Å². The van der Waals surface area contributed by atoms with Gasteiger partial charge in [-0.05, 0) is 18.2 Å². The van der Waals surface area contributed by atoms with Crippen molar-refractivity contribution in [1.82, 2.24) is 4.90 Å². The second kappa shape index (κ2) is 5.56. The Bertz CT molecular complexity index is 604. The highest BCUT2D eigenvalue weighted by Gasteiger charge is 2.29. The highest BCUT2D eigenvalue weighted by Crippen LogP contribution is 2.29. The van der Waals surface area contributed by atoms with Crippen molar-refractivity contribution in [3.05, 3.63) is 28.8 Å². The highest BCUT2D eigenvalue weighted by molar-refractivity contribution is 6.34. The summed E-state index contributed by atoms with van der Waals surface area (Å²) in [7, 11) is 3.32. The Morgan fingerprint density at radius 2 is 2.20 bits per heavy atom. The molecule has 1 fully saturated rings. The Labute approximate surface area is 123 Å². The van der Waals surface area contributed by atoms with E-state index < -0.39 is 0 Å². The van der Waals surface area contributed by atoms with Gasteiger partial charge in [-0.2, -0.15) is 0 Å².